The standard InChI is InChI=1S/C16H18BrN5O/c1-3-18-16-19-10-13-14(20-16)21(2)7-8-22(15(13)23)12-6-4-5-11(17)9-12/h4-6,9-10H,3,7-8H2,1-2H3,(H,18,19,20). The van der Waals surface area contributed by atoms with E-state index in [0.29, 0.717) is 30.4 Å². The number of anilines is 3. The second-order valence-electron chi connectivity index (χ2n) is 5.32. The molecule has 0 spiro atoms. The Bertz CT molecular complexity index is 736. The summed E-state index contributed by atoms with van der Waals surface area (Å²) in [5.74, 6) is 1.13. The van der Waals surface area contributed by atoms with Gasteiger partial charge in [0, 0.05) is 43.0 Å². The highest BCUT2D eigenvalue weighted by molar-refractivity contribution is 9.10. The zero-order chi connectivity index (χ0) is 16.4. The molecule has 1 N–H and O–H groups in total. The van der Waals surface area contributed by atoms with E-state index in [1.54, 1.807) is 11.1 Å². The quantitative estimate of drug-likeness (QED) is 0.893. The summed E-state index contributed by atoms with van der Waals surface area (Å²) in [5.41, 5.74) is 1.38. The Morgan fingerprint density at radius 1 is 1.35 bits per heavy atom. The Morgan fingerprint density at radius 3 is 2.91 bits per heavy atom. The Kier molecular flexibility index (Phi) is 4.47. The Morgan fingerprint density at radius 2 is 2.17 bits per heavy atom. The highest BCUT2D eigenvalue weighted by Gasteiger charge is 2.27. The third-order valence-corrected chi connectivity index (χ3v) is 4.21. The normalized spacial score (nSPS) is 14.5. The van der Waals surface area contributed by atoms with E-state index in [4.69, 9.17) is 0 Å². The average molecular weight is 376 g/mol. The fraction of sp³-hybridized carbons (Fsp3) is 0.312. The predicted octanol–water partition coefficient (Wildman–Crippen LogP) is 2.77. The van der Waals surface area contributed by atoms with Gasteiger partial charge in [-0.3, -0.25) is 4.79 Å². The number of carbonyl (C=O) groups is 1. The van der Waals surface area contributed by atoms with Crippen molar-refractivity contribution in [3.63, 3.8) is 0 Å². The van der Waals surface area contributed by atoms with Crippen LogP contribution in [0.1, 0.15) is 17.3 Å². The number of nitrogens with zero attached hydrogens (tertiary/aromatic N) is 4. The lowest BCUT2D eigenvalue weighted by Gasteiger charge is -2.21. The summed E-state index contributed by atoms with van der Waals surface area (Å²) in [4.78, 5) is 25.4. The number of hydrogen-bond donors (Lipinski definition) is 1. The molecule has 0 fully saturated rings. The summed E-state index contributed by atoms with van der Waals surface area (Å²) in [6.45, 7) is 4.02. The first kappa shape index (κ1) is 15.7. The van der Waals surface area contributed by atoms with E-state index in [9.17, 15) is 4.79 Å². The maximum Gasteiger partial charge on any atom is 0.263 e. The van der Waals surface area contributed by atoms with Crippen LogP contribution in [0, 0.1) is 0 Å². The van der Waals surface area contributed by atoms with Crippen LogP contribution < -0.4 is 15.1 Å². The molecule has 120 valence electrons. The van der Waals surface area contributed by atoms with Crippen molar-refractivity contribution >= 4 is 39.3 Å². The van der Waals surface area contributed by atoms with E-state index in [1.807, 2.05) is 43.1 Å². The van der Waals surface area contributed by atoms with Crippen molar-refractivity contribution < 1.29 is 4.79 Å². The van der Waals surface area contributed by atoms with Gasteiger partial charge in [-0.25, -0.2) is 4.98 Å². The van der Waals surface area contributed by atoms with Gasteiger partial charge >= 0.3 is 0 Å². The van der Waals surface area contributed by atoms with Crippen LogP contribution in [-0.2, 0) is 0 Å². The number of rotatable bonds is 3. The van der Waals surface area contributed by atoms with Crippen molar-refractivity contribution in [2.45, 2.75) is 6.92 Å². The predicted molar refractivity (Wildman–Crippen MR) is 95.3 cm³/mol. The first-order valence-corrected chi connectivity index (χ1v) is 8.29. The van der Waals surface area contributed by atoms with Gasteiger partial charge in [0.15, 0.2) is 0 Å². The topological polar surface area (TPSA) is 61.4 Å². The number of halogens is 1. The molecule has 6 nitrogen and oxygen atoms in total. The molecule has 0 bridgehead atoms. The lowest BCUT2D eigenvalue weighted by molar-refractivity contribution is 0.0989. The Hall–Kier alpha value is -2.15. The molecule has 0 radical (unpaired) electrons. The maximum atomic E-state index is 12.9. The van der Waals surface area contributed by atoms with Crippen molar-refractivity contribution in [1.29, 1.82) is 0 Å². The molecule has 1 amide bonds. The number of benzene rings is 1. The van der Waals surface area contributed by atoms with Gasteiger partial charge < -0.3 is 15.1 Å². The summed E-state index contributed by atoms with van der Waals surface area (Å²) >= 11 is 3.46. The third kappa shape index (κ3) is 3.14. The van der Waals surface area contributed by atoms with E-state index >= 15 is 0 Å². The number of nitrogens with one attached hydrogen (secondary N) is 1. The SMILES string of the molecule is CCNc1ncc2c(n1)N(C)CCN(c1cccc(Br)c1)C2=O. The Labute approximate surface area is 143 Å². The minimum Gasteiger partial charge on any atom is -0.357 e. The van der Waals surface area contributed by atoms with Crippen LogP contribution in [-0.4, -0.2) is 42.6 Å². The van der Waals surface area contributed by atoms with Gasteiger partial charge in [0.25, 0.3) is 5.91 Å². The lowest BCUT2D eigenvalue weighted by atomic mass is 10.2. The van der Waals surface area contributed by atoms with Crippen LogP contribution in [0.4, 0.5) is 17.5 Å². The van der Waals surface area contributed by atoms with E-state index in [-0.39, 0.29) is 5.91 Å². The third-order valence-electron chi connectivity index (χ3n) is 3.72. The number of amides is 1. The van der Waals surface area contributed by atoms with Gasteiger partial charge in [-0.2, -0.15) is 4.98 Å². The van der Waals surface area contributed by atoms with Gasteiger partial charge in [0.05, 0.1) is 0 Å². The largest absolute Gasteiger partial charge is 0.357 e. The molecule has 1 aliphatic rings. The summed E-state index contributed by atoms with van der Waals surface area (Å²) in [6.07, 6.45) is 1.61. The molecule has 7 heteroatoms. The molecule has 3 rings (SSSR count). The van der Waals surface area contributed by atoms with E-state index in [0.717, 1.165) is 16.7 Å². The van der Waals surface area contributed by atoms with Crippen LogP contribution in [0.25, 0.3) is 0 Å². The van der Waals surface area contributed by atoms with Crippen LogP contribution in [0.3, 0.4) is 0 Å². The van der Waals surface area contributed by atoms with Gasteiger partial charge in [0.2, 0.25) is 5.95 Å². The monoisotopic (exact) mass is 375 g/mol. The minimum atomic E-state index is -0.0782. The van der Waals surface area contributed by atoms with Crippen molar-refractivity contribution in [3.8, 4) is 0 Å². The molecule has 0 atom stereocenters. The summed E-state index contributed by atoms with van der Waals surface area (Å²) in [5, 5.41) is 3.08. The zero-order valence-corrected chi connectivity index (χ0v) is 14.7. The number of hydrogen-bond acceptors (Lipinski definition) is 5. The summed E-state index contributed by atoms with van der Waals surface area (Å²) in [7, 11) is 1.94. The number of carbonyl (C=O) groups excluding carboxylic acids is 1. The van der Waals surface area contributed by atoms with Gasteiger partial charge in [-0.1, -0.05) is 22.0 Å². The number of aromatic nitrogens is 2. The number of fused-ring (bicyclic) bond motifs is 1. The fourth-order valence-corrected chi connectivity index (χ4v) is 2.94. The van der Waals surface area contributed by atoms with Crippen molar-refractivity contribution in [2.24, 2.45) is 0 Å². The molecule has 2 heterocycles. The Balaban J connectivity index is 2.01. The molecule has 2 aromatic rings. The van der Waals surface area contributed by atoms with Gasteiger partial charge in [-0.15, -0.1) is 0 Å². The van der Waals surface area contributed by atoms with E-state index in [2.05, 4.69) is 31.2 Å². The molecule has 1 aromatic heterocycles. The van der Waals surface area contributed by atoms with Gasteiger partial charge in [0.1, 0.15) is 11.4 Å². The second-order valence-corrected chi connectivity index (χ2v) is 6.24. The van der Waals surface area contributed by atoms with Crippen LogP contribution >= 0.6 is 15.9 Å². The smallest absolute Gasteiger partial charge is 0.263 e. The second kappa shape index (κ2) is 6.54. The zero-order valence-electron chi connectivity index (χ0n) is 13.1. The molecule has 1 aromatic carbocycles. The minimum absolute atomic E-state index is 0.0782. The van der Waals surface area contributed by atoms with Crippen molar-refractivity contribution in [1.82, 2.24) is 9.97 Å². The molecule has 23 heavy (non-hydrogen) atoms. The van der Waals surface area contributed by atoms with Crippen molar-refractivity contribution in [2.75, 3.05) is 41.8 Å². The molecule has 0 aliphatic carbocycles. The average Bonchev–Trinajstić information content (AvgIpc) is 2.66. The first-order valence-electron chi connectivity index (χ1n) is 7.49. The lowest BCUT2D eigenvalue weighted by Crippen LogP contribution is -2.33. The van der Waals surface area contributed by atoms with Gasteiger partial charge in [-0.05, 0) is 25.1 Å². The first-order chi connectivity index (χ1) is 11.1. The molecular formula is C16H18BrN5O. The molecule has 1 aliphatic heterocycles. The molecule has 0 saturated heterocycles. The molecule has 0 unspecified atom stereocenters. The number of likely N-dealkylation sites (N-methyl/N-ethyl adjacent to an activating group) is 1. The maximum absolute atomic E-state index is 12.9. The van der Waals surface area contributed by atoms with Crippen LogP contribution in [0.2, 0.25) is 0 Å². The molecular weight excluding hydrogens is 358 g/mol. The highest BCUT2D eigenvalue weighted by atomic mass is 79.9. The fourth-order valence-electron chi connectivity index (χ4n) is 2.55. The molecule has 0 saturated carbocycles. The van der Waals surface area contributed by atoms with E-state index in [1.165, 1.54) is 0 Å². The summed E-state index contributed by atoms with van der Waals surface area (Å²) < 4.78 is 0.944. The van der Waals surface area contributed by atoms with E-state index < -0.39 is 0 Å². The van der Waals surface area contributed by atoms with Crippen LogP contribution in [0.5, 0.6) is 0 Å². The summed E-state index contributed by atoms with van der Waals surface area (Å²) in [6, 6.07) is 7.74. The van der Waals surface area contributed by atoms with Crippen molar-refractivity contribution in [3.05, 3.63) is 40.5 Å². The van der Waals surface area contributed by atoms with Crippen LogP contribution in [0.15, 0.2) is 34.9 Å². The highest BCUT2D eigenvalue weighted by Crippen LogP contribution is 2.27.